The average Bonchev–Trinajstić information content (AvgIpc) is 3.15. The lowest BCUT2D eigenvalue weighted by atomic mass is 10.0. The van der Waals surface area contributed by atoms with Crippen LogP contribution in [0.2, 0.25) is 5.02 Å². The minimum Gasteiger partial charge on any atom is -0.467 e. The van der Waals surface area contributed by atoms with Gasteiger partial charge in [-0.3, -0.25) is 4.79 Å². The molecule has 9 heteroatoms. The number of methoxy groups -OCH3 is 1. The van der Waals surface area contributed by atoms with Crippen molar-refractivity contribution in [1.82, 2.24) is 9.97 Å². The van der Waals surface area contributed by atoms with Crippen LogP contribution < -0.4 is 15.4 Å². The maximum absolute atomic E-state index is 14.7. The van der Waals surface area contributed by atoms with E-state index in [1.807, 2.05) is 0 Å². The van der Waals surface area contributed by atoms with Crippen LogP contribution in [0.15, 0.2) is 42.6 Å². The summed E-state index contributed by atoms with van der Waals surface area (Å²) in [6, 6.07) is 8.13. The molecule has 1 aromatic heterocycles. The highest BCUT2D eigenvalue weighted by atomic mass is 35.5. The van der Waals surface area contributed by atoms with Gasteiger partial charge in [0.2, 0.25) is 0 Å². The fourth-order valence-electron chi connectivity index (χ4n) is 3.54. The minimum atomic E-state index is -0.576. The van der Waals surface area contributed by atoms with E-state index >= 15 is 0 Å². The Morgan fingerprint density at radius 3 is 2.77 bits per heavy atom. The van der Waals surface area contributed by atoms with E-state index in [2.05, 4.69) is 20.6 Å². The van der Waals surface area contributed by atoms with Crippen molar-refractivity contribution in [3.05, 3.63) is 75.9 Å². The van der Waals surface area contributed by atoms with E-state index < -0.39 is 17.5 Å². The van der Waals surface area contributed by atoms with Crippen molar-refractivity contribution in [2.75, 3.05) is 17.7 Å². The Bertz CT molecular complexity index is 1130. The number of fused-ring (bicyclic) bond motifs is 1. The highest BCUT2D eigenvalue weighted by Gasteiger charge is 2.30. The van der Waals surface area contributed by atoms with E-state index in [0.717, 1.165) is 0 Å². The van der Waals surface area contributed by atoms with Crippen LogP contribution in [-0.2, 0) is 6.42 Å². The van der Waals surface area contributed by atoms with E-state index in [4.69, 9.17) is 16.3 Å². The summed E-state index contributed by atoms with van der Waals surface area (Å²) in [5.41, 5.74) is 1.76. The molecule has 1 atom stereocenters. The van der Waals surface area contributed by atoms with Crippen LogP contribution in [0.1, 0.15) is 33.9 Å². The molecule has 0 spiro atoms. The fourth-order valence-corrected chi connectivity index (χ4v) is 3.72. The predicted molar refractivity (Wildman–Crippen MR) is 109 cm³/mol. The van der Waals surface area contributed by atoms with Gasteiger partial charge < -0.3 is 15.4 Å². The number of benzene rings is 2. The lowest BCUT2D eigenvalue weighted by molar-refractivity contribution is 0.102. The van der Waals surface area contributed by atoms with Crippen LogP contribution in [0.4, 0.5) is 20.3 Å². The molecule has 1 aliphatic carbocycles. The second-order valence-electron chi connectivity index (χ2n) is 6.73. The van der Waals surface area contributed by atoms with Crippen molar-refractivity contribution in [2.24, 2.45) is 0 Å². The van der Waals surface area contributed by atoms with Gasteiger partial charge in [-0.15, -0.1) is 0 Å². The fraction of sp³-hybridized carbons (Fsp3) is 0.190. The second-order valence-corrected chi connectivity index (χ2v) is 7.14. The van der Waals surface area contributed by atoms with E-state index in [1.165, 1.54) is 43.6 Å². The molecule has 0 fully saturated rings. The van der Waals surface area contributed by atoms with Gasteiger partial charge in [0.05, 0.1) is 18.2 Å². The first kappa shape index (κ1) is 20.0. The zero-order valence-corrected chi connectivity index (χ0v) is 16.6. The molecule has 0 radical (unpaired) electrons. The molecule has 0 aliphatic heterocycles. The smallest absolute Gasteiger partial charge is 0.318 e. The highest BCUT2D eigenvalue weighted by molar-refractivity contribution is 6.31. The summed E-state index contributed by atoms with van der Waals surface area (Å²) >= 11 is 5.77. The SMILES string of the molecule is COc1nccc(N[C@H]2CCc3c(C(=O)Nc4ccc(F)c(Cl)c4)ccc(F)c32)n1. The predicted octanol–water partition coefficient (Wildman–Crippen LogP) is 4.77. The van der Waals surface area contributed by atoms with Gasteiger partial charge in [-0.2, -0.15) is 4.98 Å². The standard InChI is InChI=1S/C21H17ClF2N4O2/c1-30-21-25-9-8-18(28-21)27-17-7-4-12-13(3-6-16(24)19(12)17)20(29)26-11-2-5-15(23)14(22)10-11/h2-3,5-6,8-10,17H,4,7H2,1H3,(H,26,29)(H,25,27,28)/t17-/m0/s1. The van der Waals surface area contributed by atoms with Crippen molar-refractivity contribution < 1.29 is 18.3 Å². The second kappa shape index (κ2) is 8.23. The molecule has 2 N–H and O–H groups in total. The van der Waals surface area contributed by atoms with Crippen LogP contribution in [0.5, 0.6) is 6.01 Å². The number of rotatable bonds is 5. The quantitative estimate of drug-likeness (QED) is 0.610. The zero-order chi connectivity index (χ0) is 21.3. The molecule has 1 aliphatic rings. The largest absolute Gasteiger partial charge is 0.467 e. The van der Waals surface area contributed by atoms with Crippen LogP contribution in [0.25, 0.3) is 0 Å². The number of nitrogens with one attached hydrogen (secondary N) is 2. The molecule has 1 heterocycles. The van der Waals surface area contributed by atoms with E-state index in [1.54, 1.807) is 6.07 Å². The summed E-state index contributed by atoms with van der Waals surface area (Å²) in [7, 11) is 1.46. The summed E-state index contributed by atoms with van der Waals surface area (Å²) in [6.07, 6.45) is 2.64. The van der Waals surface area contributed by atoms with Crippen molar-refractivity contribution >= 4 is 29.0 Å². The molecule has 3 aromatic rings. The summed E-state index contributed by atoms with van der Waals surface area (Å²) in [4.78, 5) is 20.9. The highest BCUT2D eigenvalue weighted by Crippen LogP contribution is 2.37. The van der Waals surface area contributed by atoms with Crippen LogP contribution in [-0.4, -0.2) is 23.0 Å². The number of hydrogen-bond donors (Lipinski definition) is 2. The molecule has 0 saturated carbocycles. The van der Waals surface area contributed by atoms with Crippen LogP contribution in [0, 0.1) is 11.6 Å². The molecular formula is C21H17ClF2N4O2. The third kappa shape index (κ3) is 3.91. The minimum absolute atomic E-state index is 0.0957. The Labute approximate surface area is 176 Å². The summed E-state index contributed by atoms with van der Waals surface area (Å²) < 4.78 is 33.0. The molecule has 4 rings (SSSR count). The Morgan fingerprint density at radius 2 is 2.00 bits per heavy atom. The van der Waals surface area contributed by atoms with Gasteiger partial charge in [0, 0.05) is 23.0 Å². The van der Waals surface area contributed by atoms with E-state index in [-0.39, 0.29) is 17.1 Å². The first-order valence-electron chi connectivity index (χ1n) is 9.17. The molecule has 1 amide bonds. The molecular weight excluding hydrogens is 414 g/mol. The third-order valence-electron chi connectivity index (χ3n) is 4.90. The van der Waals surface area contributed by atoms with Gasteiger partial charge in [-0.05, 0) is 54.8 Å². The first-order valence-corrected chi connectivity index (χ1v) is 9.55. The Morgan fingerprint density at radius 1 is 1.20 bits per heavy atom. The number of carbonyl (C=O) groups is 1. The molecule has 30 heavy (non-hydrogen) atoms. The maximum Gasteiger partial charge on any atom is 0.318 e. The van der Waals surface area contributed by atoms with E-state index in [9.17, 15) is 13.6 Å². The number of amides is 1. The third-order valence-corrected chi connectivity index (χ3v) is 5.19. The van der Waals surface area contributed by atoms with Gasteiger partial charge >= 0.3 is 6.01 Å². The molecule has 0 unspecified atom stereocenters. The van der Waals surface area contributed by atoms with Crippen molar-refractivity contribution in [3.63, 3.8) is 0 Å². The van der Waals surface area contributed by atoms with Gasteiger partial charge in [0.15, 0.2) is 0 Å². The van der Waals surface area contributed by atoms with Crippen LogP contribution >= 0.6 is 11.6 Å². The topological polar surface area (TPSA) is 76.1 Å². The summed E-state index contributed by atoms with van der Waals surface area (Å²) in [5.74, 6) is -0.900. The Kier molecular flexibility index (Phi) is 5.50. The molecule has 0 saturated heterocycles. The van der Waals surface area contributed by atoms with E-state index in [0.29, 0.717) is 41.0 Å². The summed E-state index contributed by atoms with van der Waals surface area (Å²) in [5, 5.41) is 5.77. The van der Waals surface area contributed by atoms with Gasteiger partial charge in [0.1, 0.15) is 17.5 Å². The number of ether oxygens (including phenoxy) is 1. The first-order chi connectivity index (χ1) is 14.5. The number of nitrogens with zero attached hydrogens (tertiary/aromatic N) is 2. The van der Waals surface area contributed by atoms with Crippen molar-refractivity contribution in [1.29, 1.82) is 0 Å². The Balaban J connectivity index is 1.60. The van der Waals surface area contributed by atoms with Crippen LogP contribution in [0.3, 0.4) is 0 Å². The van der Waals surface area contributed by atoms with Gasteiger partial charge in [-0.1, -0.05) is 11.6 Å². The summed E-state index contributed by atoms with van der Waals surface area (Å²) in [6.45, 7) is 0. The number of aromatic nitrogens is 2. The zero-order valence-electron chi connectivity index (χ0n) is 15.9. The number of anilines is 2. The monoisotopic (exact) mass is 430 g/mol. The molecule has 6 nitrogen and oxygen atoms in total. The molecule has 2 aromatic carbocycles. The molecule has 0 bridgehead atoms. The number of halogens is 3. The lowest BCUT2D eigenvalue weighted by Crippen LogP contribution is -2.16. The molecule has 154 valence electrons. The van der Waals surface area contributed by atoms with Gasteiger partial charge in [-0.25, -0.2) is 13.8 Å². The van der Waals surface area contributed by atoms with Gasteiger partial charge in [0.25, 0.3) is 5.91 Å². The average molecular weight is 431 g/mol. The van der Waals surface area contributed by atoms with Crippen molar-refractivity contribution in [2.45, 2.75) is 18.9 Å². The number of carbonyl (C=O) groups excluding carboxylic acids is 1. The van der Waals surface area contributed by atoms with Crippen molar-refractivity contribution in [3.8, 4) is 6.01 Å². The number of hydrogen-bond acceptors (Lipinski definition) is 5. The Hall–Kier alpha value is -3.26. The maximum atomic E-state index is 14.7. The lowest BCUT2D eigenvalue weighted by Gasteiger charge is -2.16. The normalized spacial score (nSPS) is 14.9.